The first kappa shape index (κ1) is 13.3. The summed E-state index contributed by atoms with van der Waals surface area (Å²) in [6, 6.07) is 1.53. The van der Waals surface area contributed by atoms with Gasteiger partial charge in [-0.1, -0.05) is 6.92 Å². The molecule has 0 radical (unpaired) electrons. The average molecular weight is 237 g/mol. The Morgan fingerprint density at radius 2 is 2.18 bits per heavy atom. The SMILES string of the molecule is CCCNc1cncc(NC(C)C(=O)OC)c1. The molecule has 0 saturated carbocycles. The molecule has 94 valence electrons. The predicted octanol–water partition coefficient (Wildman–Crippen LogP) is 1.88. The van der Waals surface area contributed by atoms with Crippen LogP contribution in [0.5, 0.6) is 0 Å². The van der Waals surface area contributed by atoms with E-state index in [-0.39, 0.29) is 12.0 Å². The molecule has 0 amide bonds. The summed E-state index contributed by atoms with van der Waals surface area (Å²) in [5.74, 6) is -0.295. The molecule has 0 aromatic carbocycles. The van der Waals surface area contributed by atoms with Gasteiger partial charge in [-0.25, -0.2) is 4.79 Å². The van der Waals surface area contributed by atoms with E-state index in [1.54, 1.807) is 19.3 Å². The maximum atomic E-state index is 11.3. The van der Waals surface area contributed by atoms with Crippen molar-refractivity contribution in [1.29, 1.82) is 0 Å². The fraction of sp³-hybridized carbons (Fsp3) is 0.500. The van der Waals surface area contributed by atoms with E-state index >= 15 is 0 Å². The van der Waals surface area contributed by atoms with Crippen molar-refractivity contribution < 1.29 is 9.53 Å². The second kappa shape index (κ2) is 6.73. The highest BCUT2D eigenvalue weighted by atomic mass is 16.5. The number of methoxy groups -OCH3 is 1. The van der Waals surface area contributed by atoms with Gasteiger partial charge in [-0.3, -0.25) is 4.98 Å². The van der Waals surface area contributed by atoms with E-state index in [2.05, 4.69) is 27.3 Å². The van der Waals surface area contributed by atoms with Gasteiger partial charge in [-0.2, -0.15) is 0 Å². The van der Waals surface area contributed by atoms with Crippen molar-refractivity contribution in [2.24, 2.45) is 0 Å². The summed E-state index contributed by atoms with van der Waals surface area (Å²) in [5, 5.41) is 6.26. The average Bonchev–Trinajstić information content (AvgIpc) is 2.35. The zero-order valence-corrected chi connectivity index (χ0v) is 10.5. The maximum absolute atomic E-state index is 11.3. The summed E-state index contributed by atoms with van der Waals surface area (Å²) in [4.78, 5) is 15.4. The van der Waals surface area contributed by atoms with Gasteiger partial charge in [-0.15, -0.1) is 0 Å². The van der Waals surface area contributed by atoms with Crippen LogP contribution in [0.2, 0.25) is 0 Å². The minimum atomic E-state index is -0.386. The van der Waals surface area contributed by atoms with Crippen LogP contribution in [0.25, 0.3) is 0 Å². The standard InChI is InChI=1S/C12H19N3O2/c1-4-5-14-10-6-11(8-13-7-10)15-9(2)12(16)17-3/h6-9,14-15H,4-5H2,1-3H3. The third kappa shape index (κ3) is 4.30. The number of ether oxygens (including phenoxy) is 1. The Morgan fingerprint density at radius 3 is 2.82 bits per heavy atom. The molecule has 1 aromatic rings. The number of anilines is 2. The number of hydrogen-bond donors (Lipinski definition) is 2. The third-order valence-corrected chi connectivity index (χ3v) is 2.26. The van der Waals surface area contributed by atoms with Crippen molar-refractivity contribution in [3.63, 3.8) is 0 Å². The second-order valence-corrected chi connectivity index (χ2v) is 3.78. The van der Waals surface area contributed by atoms with Crippen LogP contribution in [-0.4, -0.2) is 30.6 Å². The van der Waals surface area contributed by atoms with Crippen LogP contribution in [0.4, 0.5) is 11.4 Å². The molecule has 0 saturated heterocycles. The summed E-state index contributed by atoms with van der Waals surface area (Å²) < 4.78 is 4.64. The van der Waals surface area contributed by atoms with Crippen molar-refractivity contribution >= 4 is 17.3 Å². The van der Waals surface area contributed by atoms with E-state index in [1.807, 2.05) is 6.07 Å². The van der Waals surface area contributed by atoms with Gasteiger partial charge in [0.2, 0.25) is 0 Å². The van der Waals surface area contributed by atoms with Crippen molar-refractivity contribution in [3.8, 4) is 0 Å². The van der Waals surface area contributed by atoms with E-state index in [1.165, 1.54) is 7.11 Å². The van der Waals surface area contributed by atoms with Crippen LogP contribution < -0.4 is 10.6 Å². The summed E-state index contributed by atoms with van der Waals surface area (Å²) in [5.41, 5.74) is 1.73. The van der Waals surface area contributed by atoms with E-state index < -0.39 is 0 Å². The smallest absolute Gasteiger partial charge is 0.327 e. The molecular weight excluding hydrogens is 218 g/mol. The molecule has 2 N–H and O–H groups in total. The Morgan fingerprint density at radius 1 is 1.47 bits per heavy atom. The van der Waals surface area contributed by atoms with Gasteiger partial charge in [-0.05, 0) is 19.4 Å². The Labute approximate surface area is 102 Å². The number of aromatic nitrogens is 1. The number of nitrogens with zero attached hydrogens (tertiary/aromatic N) is 1. The number of carbonyl (C=O) groups is 1. The summed E-state index contributed by atoms with van der Waals surface area (Å²) in [6.45, 7) is 4.75. The molecule has 17 heavy (non-hydrogen) atoms. The molecule has 0 aliphatic heterocycles. The highest BCUT2D eigenvalue weighted by molar-refractivity contribution is 5.78. The molecule has 0 bridgehead atoms. The van der Waals surface area contributed by atoms with Crippen LogP contribution >= 0.6 is 0 Å². The first-order valence-corrected chi connectivity index (χ1v) is 5.70. The first-order valence-electron chi connectivity index (χ1n) is 5.70. The van der Waals surface area contributed by atoms with Crippen molar-refractivity contribution in [2.75, 3.05) is 24.3 Å². The lowest BCUT2D eigenvalue weighted by molar-refractivity contribution is -0.141. The molecule has 1 atom stereocenters. The van der Waals surface area contributed by atoms with E-state index in [0.717, 1.165) is 24.3 Å². The van der Waals surface area contributed by atoms with Crippen LogP contribution in [0.15, 0.2) is 18.5 Å². The predicted molar refractivity (Wildman–Crippen MR) is 68.1 cm³/mol. The summed E-state index contributed by atoms with van der Waals surface area (Å²) in [6.07, 6.45) is 4.48. The topological polar surface area (TPSA) is 63.2 Å². The number of esters is 1. The Kier molecular flexibility index (Phi) is 5.26. The fourth-order valence-corrected chi connectivity index (χ4v) is 1.37. The van der Waals surface area contributed by atoms with Crippen molar-refractivity contribution in [1.82, 2.24) is 4.98 Å². The Balaban J connectivity index is 2.62. The number of hydrogen-bond acceptors (Lipinski definition) is 5. The molecule has 5 nitrogen and oxygen atoms in total. The van der Waals surface area contributed by atoms with Crippen molar-refractivity contribution in [3.05, 3.63) is 18.5 Å². The van der Waals surface area contributed by atoms with Gasteiger partial charge in [0.15, 0.2) is 0 Å². The van der Waals surface area contributed by atoms with Gasteiger partial charge in [0.1, 0.15) is 6.04 Å². The molecule has 1 rings (SSSR count). The lowest BCUT2D eigenvalue weighted by atomic mass is 10.3. The molecule has 0 fully saturated rings. The van der Waals surface area contributed by atoms with E-state index in [0.29, 0.717) is 0 Å². The van der Waals surface area contributed by atoms with Crippen LogP contribution in [-0.2, 0) is 9.53 Å². The van der Waals surface area contributed by atoms with Crippen molar-refractivity contribution in [2.45, 2.75) is 26.3 Å². The Bertz CT molecular complexity index is 369. The quantitative estimate of drug-likeness (QED) is 0.740. The largest absolute Gasteiger partial charge is 0.467 e. The van der Waals surface area contributed by atoms with Crippen LogP contribution in [0.3, 0.4) is 0 Å². The molecular formula is C12H19N3O2. The zero-order valence-electron chi connectivity index (χ0n) is 10.5. The normalized spacial score (nSPS) is 11.7. The molecule has 0 spiro atoms. The van der Waals surface area contributed by atoms with Gasteiger partial charge < -0.3 is 15.4 Å². The number of carbonyl (C=O) groups excluding carboxylic acids is 1. The lowest BCUT2D eigenvalue weighted by Crippen LogP contribution is -2.27. The number of pyridine rings is 1. The van der Waals surface area contributed by atoms with Gasteiger partial charge in [0, 0.05) is 6.54 Å². The lowest BCUT2D eigenvalue weighted by Gasteiger charge is -2.13. The monoisotopic (exact) mass is 237 g/mol. The molecule has 5 heteroatoms. The highest BCUT2D eigenvalue weighted by Gasteiger charge is 2.12. The third-order valence-electron chi connectivity index (χ3n) is 2.26. The minimum absolute atomic E-state index is 0.295. The number of rotatable bonds is 6. The minimum Gasteiger partial charge on any atom is -0.467 e. The molecule has 1 heterocycles. The Hall–Kier alpha value is -1.78. The first-order chi connectivity index (χ1) is 8.17. The van der Waals surface area contributed by atoms with Crippen LogP contribution in [0, 0.1) is 0 Å². The molecule has 1 unspecified atom stereocenters. The maximum Gasteiger partial charge on any atom is 0.327 e. The second-order valence-electron chi connectivity index (χ2n) is 3.78. The van der Waals surface area contributed by atoms with Gasteiger partial charge in [0.05, 0.1) is 30.9 Å². The van der Waals surface area contributed by atoms with E-state index in [9.17, 15) is 4.79 Å². The zero-order chi connectivity index (χ0) is 12.7. The summed E-state index contributed by atoms with van der Waals surface area (Å²) >= 11 is 0. The molecule has 0 aliphatic rings. The van der Waals surface area contributed by atoms with Crippen LogP contribution in [0.1, 0.15) is 20.3 Å². The summed E-state index contributed by atoms with van der Waals surface area (Å²) in [7, 11) is 1.37. The van der Waals surface area contributed by atoms with E-state index in [4.69, 9.17) is 0 Å². The fourth-order valence-electron chi connectivity index (χ4n) is 1.37. The molecule has 1 aromatic heterocycles. The van der Waals surface area contributed by atoms with Gasteiger partial charge in [0.25, 0.3) is 0 Å². The highest BCUT2D eigenvalue weighted by Crippen LogP contribution is 2.14. The molecule has 0 aliphatic carbocycles. The van der Waals surface area contributed by atoms with Gasteiger partial charge >= 0.3 is 5.97 Å². The number of nitrogens with one attached hydrogen (secondary N) is 2.